The molecule has 0 saturated heterocycles. The molecule has 2 rings (SSSR count). The van der Waals surface area contributed by atoms with Gasteiger partial charge in [-0.15, -0.1) is 0 Å². The third-order valence-electron chi connectivity index (χ3n) is 1.72. The number of H-pyrrole nitrogens is 1. The summed E-state index contributed by atoms with van der Waals surface area (Å²) >= 11 is 0. The monoisotopic (exact) mass is 205 g/mol. The number of ketones is 1. The van der Waals surface area contributed by atoms with Crippen molar-refractivity contribution in [2.24, 2.45) is 0 Å². The largest absolute Gasteiger partial charge is 0.479 e. The predicted molar refractivity (Wildman–Crippen MR) is 48.4 cm³/mol. The van der Waals surface area contributed by atoms with E-state index in [0.717, 1.165) is 0 Å². The van der Waals surface area contributed by atoms with Gasteiger partial charge in [-0.05, 0) is 0 Å². The lowest BCUT2D eigenvalue weighted by Crippen LogP contribution is -2.08. The summed E-state index contributed by atoms with van der Waals surface area (Å²) in [4.78, 5) is 19.5. The Kier molecular flexibility index (Phi) is 2.36. The Morgan fingerprint density at radius 1 is 1.40 bits per heavy atom. The minimum Gasteiger partial charge on any atom is -0.479 e. The second-order valence-electron chi connectivity index (χ2n) is 2.60. The maximum atomic E-state index is 11.8. The van der Waals surface area contributed by atoms with E-state index < -0.39 is 0 Å². The summed E-state index contributed by atoms with van der Waals surface area (Å²) in [6.45, 7) is 0. The molecule has 0 radical (unpaired) electrons. The van der Waals surface area contributed by atoms with Crippen LogP contribution in [0.1, 0.15) is 16.2 Å². The van der Waals surface area contributed by atoms with Gasteiger partial charge in [0.2, 0.25) is 11.7 Å². The number of hydrogen-bond donors (Lipinski definition) is 1. The van der Waals surface area contributed by atoms with E-state index in [1.54, 1.807) is 0 Å². The zero-order chi connectivity index (χ0) is 10.7. The van der Waals surface area contributed by atoms with E-state index in [-0.39, 0.29) is 23.1 Å². The molecule has 0 atom stereocenters. The Hall–Kier alpha value is -2.31. The lowest BCUT2D eigenvalue weighted by atomic mass is 10.2. The molecule has 0 aliphatic carbocycles. The van der Waals surface area contributed by atoms with Crippen LogP contribution >= 0.6 is 0 Å². The fourth-order valence-electron chi connectivity index (χ4n) is 1.06. The molecular formula is C8H7N5O2. The first-order chi connectivity index (χ1) is 7.33. The zero-order valence-corrected chi connectivity index (χ0v) is 7.84. The summed E-state index contributed by atoms with van der Waals surface area (Å²) in [7, 11) is 1.42. The highest BCUT2D eigenvalue weighted by atomic mass is 16.5. The number of rotatable bonds is 3. The normalized spacial score (nSPS) is 9.93. The molecular weight excluding hydrogens is 198 g/mol. The molecule has 0 fully saturated rings. The Morgan fingerprint density at radius 3 is 2.87 bits per heavy atom. The maximum absolute atomic E-state index is 11.8. The number of ether oxygens (including phenoxy) is 1. The number of aromatic nitrogens is 5. The summed E-state index contributed by atoms with van der Waals surface area (Å²) in [5, 5.41) is 9.55. The van der Waals surface area contributed by atoms with E-state index in [0.29, 0.717) is 0 Å². The van der Waals surface area contributed by atoms with Crippen LogP contribution < -0.4 is 4.74 Å². The highest BCUT2D eigenvalue weighted by Gasteiger charge is 2.18. The molecule has 2 heterocycles. The SMILES string of the molecule is COc1nccnc1C(=O)c1cn[nH]n1. The van der Waals surface area contributed by atoms with Gasteiger partial charge in [0.05, 0.1) is 13.3 Å². The van der Waals surface area contributed by atoms with Crippen molar-refractivity contribution < 1.29 is 9.53 Å². The molecule has 1 N–H and O–H groups in total. The Morgan fingerprint density at radius 2 is 2.20 bits per heavy atom. The highest BCUT2D eigenvalue weighted by Crippen LogP contribution is 2.13. The first-order valence-corrected chi connectivity index (χ1v) is 4.08. The average Bonchev–Trinajstić information content (AvgIpc) is 2.81. The Balaban J connectivity index is 2.42. The molecule has 0 aromatic carbocycles. The molecule has 2 aromatic heterocycles. The van der Waals surface area contributed by atoms with Crippen molar-refractivity contribution in [1.82, 2.24) is 25.4 Å². The van der Waals surface area contributed by atoms with Crippen molar-refractivity contribution in [3.05, 3.63) is 30.0 Å². The molecule has 15 heavy (non-hydrogen) atoms. The minimum atomic E-state index is -0.381. The highest BCUT2D eigenvalue weighted by molar-refractivity contribution is 6.07. The van der Waals surface area contributed by atoms with Gasteiger partial charge in [0.25, 0.3) is 0 Å². The third-order valence-corrected chi connectivity index (χ3v) is 1.72. The summed E-state index contributed by atoms with van der Waals surface area (Å²) in [6.07, 6.45) is 4.17. The van der Waals surface area contributed by atoms with Crippen molar-refractivity contribution >= 4 is 5.78 Å². The number of carbonyl (C=O) groups excluding carboxylic acids is 1. The van der Waals surface area contributed by atoms with Gasteiger partial charge in [0.1, 0.15) is 0 Å². The summed E-state index contributed by atoms with van der Waals surface area (Å²) in [6, 6.07) is 0. The van der Waals surface area contributed by atoms with Crippen LogP contribution in [0.15, 0.2) is 18.6 Å². The molecule has 0 spiro atoms. The van der Waals surface area contributed by atoms with Gasteiger partial charge in [-0.25, -0.2) is 9.97 Å². The van der Waals surface area contributed by atoms with E-state index in [2.05, 4.69) is 25.4 Å². The van der Waals surface area contributed by atoms with Crippen molar-refractivity contribution in [3.63, 3.8) is 0 Å². The van der Waals surface area contributed by atoms with Crippen LogP contribution in [-0.2, 0) is 0 Å². The first-order valence-electron chi connectivity index (χ1n) is 4.08. The van der Waals surface area contributed by atoms with Gasteiger partial charge in [-0.3, -0.25) is 4.79 Å². The van der Waals surface area contributed by atoms with Crippen LogP contribution in [0.2, 0.25) is 0 Å². The quantitative estimate of drug-likeness (QED) is 0.699. The standard InChI is InChI=1S/C8H7N5O2/c1-15-8-6(9-2-3-10-8)7(14)5-4-11-13-12-5/h2-4H,1H3,(H,11,12,13). The number of nitrogens with zero attached hydrogens (tertiary/aromatic N) is 4. The number of carbonyl (C=O) groups is 1. The second kappa shape index (κ2) is 3.82. The number of aromatic amines is 1. The second-order valence-corrected chi connectivity index (χ2v) is 2.60. The fourth-order valence-corrected chi connectivity index (χ4v) is 1.06. The number of nitrogens with one attached hydrogen (secondary N) is 1. The van der Waals surface area contributed by atoms with Crippen LogP contribution in [0.25, 0.3) is 0 Å². The molecule has 0 unspecified atom stereocenters. The van der Waals surface area contributed by atoms with Crippen molar-refractivity contribution in [2.45, 2.75) is 0 Å². The molecule has 0 aliphatic heterocycles. The van der Waals surface area contributed by atoms with Crippen LogP contribution in [0.3, 0.4) is 0 Å². The molecule has 0 amide bonds. The Labute approximate surface area is 84.5 Å². The van der Waals surface area contributed by atoms with Gasteiger partial charge in [0.15, 0.2) is 11.4 Å². The summed E-state index contributed by atoms with van der Waals surface area (Å²) < 4.78 is 4.91. The summed E-state index contributed by atoms with van der Waals surface area (Å²) in [5.41, 5.74) is 0.294. The van der Waals surface area contributed by atoms with E-state index in [1.165, 1.54) is 25.7 Å². The van der Waals surface area contributed by atoms with Crippen LogP contribution in [0, 0.1) is 0 Å². The lowest BCUT2D eigenvalue weighted by molar-refractivity contribution is 0.102. The molecule has 0 saturated carbocycles. The van der Waals surface area contributed by atoms with E-state index in [4.69, 9.17) is 4.74 Å². The number of hydrogen-bond acceptors (Lipinski definition) is 6. The Bertz CT molecular complexity index is 468. The maximum Gasteiger partial charge on any atom is 0.243 e. The molecule has 7 heteroatoms. The van der Waals surface area contributed by atoms with E-state index in [9.17, 15) is 4.79 Å². The van der Waals surface area contributed by atoms with Crippen LogP contribution in [0.5, 0.6) is 5.88 Å². The molecule has 0 aliphatic rings. The fraction of sp³-hybridized carbons (Fsp3) is 0.125. The zero-order valence-electron chi connectivity index (χ0n) is 7.84. The van der Waals surface area contributed by atoms with Gasteiger partial charge in [-0.1, -0.05) is 0 Å². The average molecular weight is 205 g/mol. The number of methoxy groups -OCH3 is 1. The van der Waals surface area contributed by atoms with Crippen molar-refractivity contribution in [2.75, 3.05) is 7.11 Å². The van der Waals surface area contributed by atoms with Gasteiger partial charge in [0, 0.05) is 12.4 Å². The van der Waals surface area contributed by atoms with Gasteiger partial charge >= 0.3 is 0 Å². The van der Waals surface area contributed by atoms with E-state index >= 15 is 0 Å². The van der Waals surface area contributed by atoms with Crippen molar-refractivity contribution in [3.8, 4) is 5.88 Å². The van der Waals surface area contributed by atoms with Crippen molar-refractivity contribution in [1.29, 1.82) is 0 Å². The molecule has 7 nitrogen and oxygen atoms in total. The predicted octanol–water partition coefficient (Wildman–Crippen LogP) is -0.166. The third kappa shape index (κ3) is 1.66. The lowest BCUT2D eigenvalue weighted by Gasteiger charge is -2.01. The summed E-state index contributed by atoms with van der Waals surface area (Å²) in [5.74, 6) is -0.209. The van der Waals surface area contributed by atoms with Crippen LogP contribution in [-0.4, -0.2) is 38.3 Å². The smallest absolute Gasteiger partial charge is 0.243 e. The van der Waals surface area contributed by atoms with Crippen LogP contribution in [0.4, 0.5) is 0 Å². The molecule has 76 valence electrons. The molecule has 0 bridgehead atoms. The minimum absolute atomic E-state index is 0.119. The molecule has 2 aromatic rings. The van der Waals surface area contributed by atoms with Gasteiger partial charge < -0.3 is 4.74 Å². The topological polar surface area (TPSA) is 93.6 Å². The van der Waals surface area contributed by atoms with Gasteiger partial charge in [-0.2, -0.15) is 15.4 Å². The van der Waals surface area contributed by atoms with E-state index in [1.807, 2.05) is 0 Å². The first kappa shape index (κ1) is 9.25.